The summed E-state index contributed by atoms with van der Waals surface area (Å²) in [7, 11) is 0. The summed E-state index contributed by atoms with van der Waals surface area (Å²) in [5.41, 5.74) is 4.86. The third-order valence-corrected chi connectivity index (χ3v) is 3.98. The lowest BCUT2D eigenvalue weighted by atomic mass is 10.1. The molecule has 1 aliphatic carbocycles. The Kier molecular flexibility index (Phi) is 2.05. The Bertz CT molecular complexity index is 644. The summed E-state index contributed by atoms with van der Waals surface area (Å²) in [6, 6.07) is 6.38. The summed E-state index contributed by atoms with van der Waals surface area (Å²) < 4.78 is 1.24. The smallest absolute Gasteiger partial charge is 0.0915 e. The second kappa shape index (κ2) is 3.43. The first-order valence-electron chi connectivity index (χ1n) is 5.27. The van der Waals surface area contributed by atoms with Crippen molar-refractivity contribution in [2.75, 3.05) is 0 Å². The highest BCUT2D eigenvalue weighted by Crippen LogP contribution is 2.39. The largest absolute Gasteiger partial charge is 0.241 e. The van der Waals surface area contributed by atoms with E-state index in [1.807, 2.05) is 6.92 Å². The first-order valence-corrected chi connectivity index (χ1v) is 6.09. The van der Waals surface area contributed by atoms with Crippen LogP contribution in [0.15, 0.2) is 18.2 Å². The van der Waals surface area contributed by atoms with E-state index in [-0.39, 0.29) is 0 Å². The number of aryl methyl sites for hydroxylation is 2. The van der Waals surface area contributed by atoms with Crippen LogP contribution in [0, 0.1) is 18.3 Å². The molecule has 16 heavy (non-hydrogen) atoms. The monoisotopic (exact) mass is 226 g/mol. The van der Waals surface area contributed by atoms with Crippen LogP contribution in [-0.2, 0) is 6.42 Å². The Morgan fingerprint density at radius 2 is 2.31 bits per heavy atom. The Morgan fingerprint density at radius 1 is 1.44 bits per heavy atom. The van der Waals surface area contributed by atoms with Gasteiger partial charge in [-0.15, -0.1) is 11.3 Å². The van der Waals surface area contributed by atoms with Crippen LogP contribution in [0.1, 0.15) is 22.6 Å². The van der Waals surface area contributed by atoms with Gasteiger partial charge in [0.2, 0.25) is 0 Å². The van der Waals surface area contributed by atoms with Crippen LogP contribution >= 0.6 is 11.3 Å². The fourth-order valence-electron chi connectivity index (χ4n) is 2.32. The summed E-state index contributed by atoms with van der Waals surface area (Å²) in [6.45, 7) is 2.03. The van der Waals surface area contributed by atoms with Gasteiger partial charge in [0.15, 0.2) is 0 Å². The lowest BCUT2D eigenvalue weighted by Crippen LogP contribution is -1.81. The molecule has 3 heteroatoms. The Morgan fingerprint density at radius 3 is 3.12 bits per heavy atom. The molecule has 1 aromatic heterocycles. The van der Waals surface area contributed by atoms with Gasteiger partial charge < -0.3 is 0 Å². The molecule has 0 aliphatic heterocycles. The maximum atomic E-state index is 8.79. The van der Waals surface area contributed by atoms with Crippen molar-refractivity contribution in [1.29, 1.82) is 5.26 Å². The van der Waals surface area contributed by atoms with E-state index in [9.17, 15) is 0 Å². The zero-order valence-electron chi connectivity index (χ0n) is 8.95. The number of nitriles is 1. The highest BCUT2D eigenvalue weighted by molar-refractivity contribution is 7.18. The molecule has 1 aromatic carbocycles. The first kappa shape index (κ1) is 9.56. The minimum atomic E-state index is 0.985. The van der Waals surface area contributed by atoms with Gasteiger partial charge >= 0.3 is 0 Å². The van der Waals surface area contributed by atoms with E-state index in [1.165, 1.54) is 21.4 Å². The van der Waals surface area contributed by atoms with Crippen LogP contribution < -0.4 is 0 Å². The van der Waals surface area contributed by atoms with Gasteiger partial charge in [0.05, 0.1) is 21.3 Å². The summed E-state index contributed by atoms with van der Waals surface area (Å²) in [4.78, 5) is 4.49. The predicted molar refractivity (Wildman–Crippen MR) is 66.3 cm³/mol. The van der Waals surface area contributed by atoms with E-state index in [2.05, 4.69) is 23.2 Å². The van der Waals surface area contributed by atoms with Crippen molar-refractivity contribution in [3.63, 3.8) is 0 Å². The van der Waals surface area contributed by atoms with Gasteiger partial charge in [-0.3, -0.25) is 0 Å². The first-order chi connectivity index (χ1) is 7.79. The van der Waals surface area contributed by atoms with Crippen molar-refractivity contribution in [1.82, 2.24) is 4.98 Å². The van der Waals surface area contributed by atoms with Crippen molar-refractivity contribution < 1.29 is 0 Å². The molecule has 0 spiro atoms. The van der Waals surface area contributed by atoms with Crippen molar-refractivity contribution >= 4 is 27.1 Å². The summed E-state index contributed by atoms with van der Waals surface area (Å²) in [5.74, 6) is 0. The average Bonchev–Trinajstić information content (AvgIpc) is 2.81. The zero-order valence-corrected chi connectivity index (χ0v) is 9.77. The van der Waals surface area contributed by atoms with Crippen LogP contribution in [0.3, 0.4) is 0 Å². The van der Waals surface area contributed by atoms with Crippen LogP contribution in [0.25, 0.3) is 15.8 Å². The van der Waals surface area contributed by atoms with E-state index >= 15 is 0 Å². The third kappa shape index (κ3) is 1.27. The van der Waals surface area contributed by atoms with Gasteiger partial charge in [0.25, 0.3) is 0 Å². The molecule has 0 fully saturated rings. The van der Waals surface area contributed by atoms with Crippen molar-refractivity contribution in [2.45, 2.75) is 19.8 Å². The quantitative estimate of drug-likeness (QED) is 0.645. The van der Waals surface area contributed by atoms with E-state index < -0.39 is 0 Å². The van der Waals surface area contributed by atoms with Crippen molar-refractivity contribution in [3.8, 4) is 6.07 Å². The lowest BCUT2D eigenvalue weighted by Gasteiger charge is -2.00. The molecule has 0 unspecified atom stereocenters. The van der Waals surface area contributed by atoms with Gasteiger partial charge in [-0.05, 0) is 37.0 Å². The molecule has 3 rings (SSSR count). The number of allylic oxidation sites excluding steroid dienone is 2. The third-order valence-electron chi connectivity index (χ3n) is 2.97. The number of hydrogen-bond acceptors (Lipinski definition) is 3. The van der Waals surface area contributed by atoms with Gasteiger partial charge in [-0.25, -0.2) is 4.98 Å². The molecule has 0 radical (unpaired) electrons. The minimum absolute atomic E-state index is 0.985. The van der Waals surface area contributed by atoms with Gasteiger partial charge in [-0.2, -0.15) is 5.26 Å². The summed E-state index contributed by atoms with van der Waals surface area (Å²) in [6.07, 6.45) is 3.72. The van der Waals surface area contributed by atoms with Crippen molar-refractivity contribution in [2.24, 2.45) is 0 Å². The number of nitrogens with zero attached hydrogens (tertiary/aromatic N) is 2. The molecule has 78 valence electrons. The molecule has 0 atom stereocenters. The fraction of sp³-hybridized carbons (Fsp3) is 0.231. The standard InChI is InChI=1S/C13H10N2S/c1-8-15-11-5-4-9-2-3-10(6-7-14)12(9)13(11)16-8/h4-6H,2-3H2,1H3. The van der Waals surface area contributed by atoms with Gasteiger partial charge in [0.1, 0.15) is 0 Å². The number of aromatic nitrogens is 1. The molecule has 0 saturated heterocycles. The molecular weight excluding hydrogens is 216 g/mol. The van der Waals surface area contributed by atoms with E-state index in [0.717, 1.165) is 23.4 Å². The second-order valence-electron chi connectivity index (χ2n) is 3.98. The van der Waals surface area contributed by atoms with Crippen LogP contribution in [0.2, 0.25) is 0 Å². The van der Waals surface area contributed by atoms with Gasteiger partial charge in [-0.1, -0.05) is 6.07 Å². The molecule has 2 aromatic rings. The van der Waals surface area contributed by atoms with E-state index in [1.54, 1.807) is 17.4 Å². The number of rotatable bonds is 0. The number of fused-ring (bicyclic) bond motifs is 3. The molecule has 0 bridgehead atoms. The number of thiazole rings is 1. The maximum Gasteiger partial charge on any atom is 0.0915 e. The molecule has 0 N–H and O–H groups in total. The van der Waals surface area contributed by atoms with E-state index in [4.69, 9.17) is 5.26 Å². The Labute approximate surface area is 97.9 Å². The topological polar surface area (TPSA) is 36.7 Å². The van der Waals surface area contributed by atoms with Crippen LogP contribution in [-0.4, -0.2) is 4.98 Å². The SMILES string of the molecule is Cc1nc2ccc3c(c2s1)C(=CC#N)CC3. The Balaban J connectivity index is 2.37. The molecule has 1 heterocycles. The highest BCUT2D eigenvalue weighted by atomic mass is 32.1. The fourth-order valence-corrected chi connectivity index (χ4v) is 3.34. The minimum Gasteiger partial charge on any atom is -0.241 e. The van der Waals surface area contributed by atoms with E-state index in [0.29, 0.717) is 0 Å². The average molecular weight is 226 g/mol. The maximum absolute atomic E-state index is 8.79. The lowest BCUT2D eigenvalue weighted by molar-refractivity contribution is 1.08. The van der Waals surface area contributed by atoms with Crippen LogP contribution in [0.4, 0.5) is 0 Å². The van der Waals surface area contributed by atoms with Gasteiger partial charge in [0, 0.05) is 11.6 Å². The second-order valence-corrected chi connectivity index (χ2v) is 5.18. The molecule has 0 saturated carbocycles. The normalized spacial score (nSPS) is 16.6. The molecule has 1 aliphatic rings. The van der Waals surface area contributed by atoms with Crippen LogP contribution in [0.5, 0.6) is 0 Å². The number of benzene rings is 1. The molecule has 0 amide bonds. The number of hydrogen-bond donors (Lipinski definition) is 0. The zero-order chi connectivity index (χ0) is 11.1. The predicted octanol–water partition coefficient (Wildman–Crippen LogP) is 3.46. The molecule has 2 nitrogen and oxygen atoms in total. The highest BCUT2D eigenvalue weighted by Gasteiger charge is 2.20. The summed E-state index contributed by atoms with van der Waals surface area (Å²) in [5, 5.41) is 9.88. The summed E-state index contributed by atoms with van der Waals surface area (Å²) >= 11 is 1.73. The van der Waals surface area contributed by atoms with Crippen molar-refractivity contribution in [3.05, 3.63) is 34.3 Å². The molecular formula is C13H10N2S. The Hall–Kier alpha value is -1.66.